The maximum Gasteiger partial charge on any atom is 0.213 e. The van der Waals surface area contributed by atoms with Gasteiger partial charge in [-0.25, -0.2) is 9.97 Å². The van der Waals surface area contributed by atoms with Crippen molar-refractivity contribution in [3.63, 3.8) is 0 Å². The molecule has 126 valence electrons. The fourth-order valence-electron chi connectivity index (χ4n) is 2.30. The summed E-state index contributed by atoms with van der Waals surface area (Å²) in [6.07, 6.45) is 0. The molecule has 0 radical (unpaired) electrons. The minimum Gasteiger partial charge on any atom is -0.481 e. The number of pyridine rings is 2. The first-order chi connectivity index (χ1) is 12.1. The van der Waals surface area contributed by atoms with Crippen LogP contribution in [0.3, 0.4) is 0 Å². The smallest absolute Gasteiger partial charge is 0.213 e. The molecule has 2 aromatic carbocycles. The molecule has 2 aromatic heterocycles. The molecule has 0 saturated heterocycles. The lowest BCUT2D eigenvalue weighted by atomic mass is 10.2. The molecule has 3 nitrogen and oxygen atoms in total. The minimum atomic E-state index is 0.528. The average molecular weight is 481 g/mol. The van der Waals surface area contributed by atoms with Gasteiger partial charge in [0.25, 0.3) is 0 Å². The summed E-state index contributed by atoms with van der Waals surface area (Å²) in [5.74, 6) is 0.644. The normalized spacial score (nSPS) is 10.4. The van der Waals surface area contributed by atoms with Gasteiger partial charge in [-0.3, -0.25) is 0 Å². The largest absolute Gasteiger partial charge is 0.481 e. The van der Waals surface area contributed by atoms with E-state index >= 15 is 0 Å². The van der Waals surface area contributed by atoms with Gasteiger partial charge in [-0.2, -0.15) is 0 Å². The van der Waals surface area contributed by atoms with Crippen LogP contribution in [0.15, 0.2) is 69.6 Å². The Morgan fingerprint density at radius 3 is 1.92 bits per heavy atom. The van der Waals surface area contributed by atoms with Crippen molar-refractivity contribution in [2.75, 3.05) is 7.11 Å². The summed E-state index contributed by atoms with van der Waals surface area (Å²) in [5, 5.41) is 2.71. The van der Waals surface area contributed by atoms with E-state index in [9.17, 15) is 0 Å². The van der Waals surface area contributed by atoms with Gasteiger partial charge >= 0.3 is 0 Å². The maximum absolute atomic E-state index is 5.74. The van der Waals surface area contributed by atoms with Crippen LogP contribution in [0.25, 0.3) is 21.8 Å². The van der Waals surface area contributed by atoms with E-state index < -0.39 is 0 Å². The third-order valence-corrected chi connectivity index (χ3v) is 5.10. The molecule has 0 unspecified atom stereocenters. The summed E-state index contributed by atoms with van der Waals surface area (Å²) in [6, 6.07) is 19.4. The van der Waals surface area contributed by atoms with Crippen molar-refractivity contribution in [3.05, 3.63) is 74.8 Å². The highest BCUT2D eigenvalue weighted by Gasteiger charge is 2.00. The Morgan fingerprint density at radius 2 is 1.32 bits per heavy atom. The van der Waals surface area contributed by atoms with Crippen molar-refractivity contribution >= 4 is 65.3 Å². The molecule has 0 bridgehead atoms. The van der Waals surface area contributed by atoms with Crippen molar-refractivity contribution in [2.24, 2.45) is 0 Å². The van der Waals surface area contributed by atoms with Crippen LogP contribution in [0.1, 0.15) is 0 Å². The number of halogens is 3. The third kappa shape index (κ3) is 4.29. The minimum absolute atomic E-state index is 0.528. The average Bonchev–Trinajstić information content (AvgIpc) is 2.62. The fourth-order valence-corrected chi connectivity index (χ4v) is 3.43. The van der Waals surface area contributed by atoms with E-state index in [0.29, 0.717) is 11.0 Å². The Labute approximate surface area is 167 Å². The SMILES string of the molecule is COc1ccc2c(Br)cccc2n1.Clc1ccc2c(Br)cccc2n1. The molecule has 2 heterocycles. The van der Waals surface area contributed by atoms with E-state index in [-0.39, 0.29) is 0 Å². The third-order valence-electron chi connectivity index (χ3n) is 3.51. The first-order valence-corrected chi connectivity index (χ1v) is 9.35. The molecule has 25 heavy (non-hydrogen) atoms. The Balaban J connectivity index is 0.000000146. The second kappa shape index (κ2) is 8.13. The van der Waals surface area contributed by atoms with Crippen molar-refractivity contribution in [1.29, 1.82) is 0 Å². The quantitative estimate of drug-likeness (QED) is 0.286. The van der Waals surface area contributed by atoms with Gasteiger partial charge in [-0.05, 0) is 42.5 Å². The lowest BCUT2D eigenvalue weighted by molar-refractivity contribution is 0.399. The molecule has 0 fully saturated rings. The molecule has 6 heteroatoms. The monoisotopic (exact) mass is 478 g/mol. The van der Waals surface area contributed by atoms with Crippen molar-refractivity contribution in [2.45, 2.75) is 0 Å². The van der Waals surface area contributed by atoms with Crippen LogP contribution in [-0.2, 0) is 0 Å². The van der Waals surface area contributed by atoms with Crippen LogP contribution in [0, 0.1) is 0 Å². The molecule has 0 spiro atoms. The van der Waals surface area contributed by atoms with Gasteiger partial charge in [0.15, 0.2) is 0 Å². The highest BCUT2D eigenvalue weighted by atomic mass is 79.9. The van der Waals surface area contributed by atoms with Gasteiger partial charge in [0.2, 0.25) is 5.88 Å². The van der Waals surface area contributed by atoms with E-state index in [2.05, 4.69) is 41.8 Å². The highest BCUT2D eigenvalue weighted by Crippen LogP contribution is 2.24. The number of rotatable bonds is 1. The number of benzene rings is 2. The Kier molecular flexibility index (Phi) is 5.89. The van der Waals surface area contributed by atoms with Gasteiger partial charge in [0, 0.05) is 25.8 Å². The lowest BCUT2D eigenvalue weighted by Crippen LogP contribution is -1.87. The Bertz CT molecular complexity index is 1040. The molecule has 4 aromatic rings. The standard InChI is InChI=1S/C10H8BrNO.C9H5BrClN/c1-13-10-6-5-7-8(11)3-2-4-9(7)12-10;10-7-2-1-3-8-6(7)4-5-9(11)12-8/h2-6H,1H3;1-5H. The summed E-state index contributed by atoms with van der Waals surface area (Å²) in [4.78, 5) is 8.47. The zero-order valence-corrected chi connectivity index (χ0v) is 17.1. The fraction of sp³-hybridized carbons (Fsp3) is 0.0526. The van der Waals surface area contributed by atoms with E-state index in [1.165, 1.54) is 0 Å². The highest BCUT2D eigenvalue weighted by molar-refractivity contribution is 9.11. The summed E-state index contributed by atoms with van der Waals surface area (Å²) < 4.78 is 7.14. The van der Waals surface area contributed by atoms with E-state index in [4.69, 9.17) is 16.3 Å². The Hall–Kier alpha value is -1.69. The van der Waals surface area contributed by atoms with Gasteiger partial charge in [-0.1, -0.05) is 55.6 Å². The maximum atomic E-state index is 5.74. The first kappa shape index (κ1) is 18.1. The van der Waals surface area contributed by atoms with E-state index in [1.807, 2.05) is 54.6 Å². The molecule has 4 rings (SSSR count). The topological polar surface area (TPSA) is 35.0 Å². The van der Waals surface area contributed by atoms with E-state index in [1.54, 1.807) is 13.2 Å². The number of hydrogen-bond acceptors (Lipinski definition) is 3. The molecular weight excluding hydrogens is 467 g/mol. The number of aromatic nitrogens is 2. The number of hydrogen-bond donors (Lipinski definition) is 0. The van der Waals surface area contributed by atoms with Crippen molar-refractivity contribution in [3.8, 4) is 5.88 Å². The van der Waals surface area contributed by atoms with Crippen LogP contribution >= 0.6 is 43.5 Å². The van der Waals surface area contributed by atoms with E-state index in [0.717, 1.165) is 30.8 Å². The summed E-state index contributed by atoms with van der Waals surface area (Å²) in [6.45, 7) is 0. The van der Waals surface area contributed by atoms with Crippen LogP contribution in [0.2, 0.25) is 5.15 Å². The molecule has 0 aliphatic heterocycles. The molecule has 0 atom stereocenters. The van der Waals surface area contributed by atoms with Gasteiger partial charge in [-0.15, -0.1) is 0 Å². The summed E-state index contributed by atoms with van der Waals surface area (Å²) in [5.41, 5.74) is 1.85. The second-order valence-corrected chi connectivity index (χ2v) is 7.20. The summed E-state index contributed by atoms with van der Waals surface area (Å²) in [7, 11) is 1.62. The predicted octanol–water partition coefficient (Wildman–Crippen LogP) is 6.66. The number of nitrogens with zero attached hydrogens (tertiary/aromatic N) is 2. The van der Waals surface area contributed by atoms with Gasteiger partial charge < -0.3 is 4.74 Å². The molecule has 0 aliphatic carbocycles. The predicted molar refractivity (Wildman–Crippen MR) is 110 cm³/mol. The lowest BCUT2D eigenvalue weighted by Gasteiger charge is -2.02. The molecule has 0 saturated carbocycles. The zero-order chi connectivity index (χ0) is 17.8. The van der Waals surface area contributed by atoms with Crippen LogP contribution < -0.4 is 4.74 Å². The molecule has 0 amide bonds. The first-order valence-electron chi connectivity index (χ1n) is 7.38. The zero-order valence-electron chi connectivity index (χ0n) is 13.2. The number of ether oxygens (including phenoxy) is 1. The Morgan fingerprint density at radius 1 is 0.760 bits per heavy atom. The summed E-state index contributed by atoms with van der Waals surface area (Å²) >= 11 is 12.6. The second-order valence-electron chi connectivity index (χ2n) is 5.10. The molecule has 0 aliphatic rings. The van der Waals surface area contributed by atoms with Crippen molar-refractivity contribution in [1.82, 2.24) is 9.97 Å². The number of fused-ring (bicyclic) bond motifs is 2. The van der Waals surface area contributed by atoms with Crippen LogP contribution in [-0.4, -0.2) is 17.1 Å². The molecule has 0 N–H and O–H groups in total. The number of methoxy groups -OCH3 is 1. The van der Waals surface area contributed by atoms with Gasteiger partial charge in [0.1, 0.15) is 5.15 Å². The van der Waals surface area contributed by atoms with Crippen LogP contribution in [0.5, 0.6) is 5.88 Å². The van der Waals surface area contributed by atoms with Gasteiger partial charge in [0.05, 0.1) is 18.1 Å². The molecular formula is C19H13Br2ClN2O. The van der Waals surface area contributed by atoms with Crippen molar-refractivity contribution < 1.29 is 4.74 Å². The van der Waals surface area contributed by atoms with Crippen LogP contribution in [0.4, 0.5) is 0 Å².